The summed E-state index contributed by atoms with van der Waals surface area (Å²) in [6, 6.07) is 0. The van der Waals surface area contributed by atoms with E-state index in [1.165, 1.54) is 22.3 Å². The largest absolute Gasteiger partial charge is 1.00 e. The van der Waals surface area contributed by atoms with Crippen molar-refractivity contribution >= 4 is 0 Å². The maximum atomic E-state index is 9.33. The monoisotopic (exact) mass is 249 g/mol. The number of hydrogen-bond donors (Lipinski definition) is 1. The Kier molecular flexibility index (Phi) is 6.63. The maximum absolute atomic E-state index is 9.33. The zero-order valence-electron chi connectivity index (χ0n) is 9.53. The Morgan fingerprint density at radius 2 is 1.29 bits per heavy atom. The molecule has 1 rings (SSSR count). The van der Waals surface area contributed by atoms with Gasteiger partial charge in [-0.3, -0.25) is 0 Å². The molecule has 0 aromatic carbocycles. The van der Waals surface area contributed by atoms with E-state index in [9.17, 15) is 5.11 Å². The normalized spacial score (nSPS) is 19.3. The van der Waals surface area contributed by atoms with Gasteiger partial charge < -0.3 is 17.5 Å². The summed E-state index contributed by atoms with van der Waals surface area (Å²) in [4.78, 5) is 0. The fourth-order valence-electron chi connectivity index (χ4n) is 1.91. The molecule has 14 heavy (non-hydrogen) atoms. The number of allylic oxidation sites excluding steroid dienone is 2. The molecule has 0 saturated carbocycles. The molecule has 3 heteroatoms. The van der Waals surface area contributed by atoms with Gasteiger partial charge in [0.1, 0.15) is 0 Å². The predicted molar refractivity (Wildman–Crippen MR) is 51.9 cm³/mol. The molecule has 80 valence electrons. The van der Waals surface area contributed by atoms with Crippen LogP contribution in [-0.2, 0) is 21.7 Å². The van der Waals surface area contributed by atoms with E-state index in [4.69, 9.17) is 0 Å². The van der Waals surface area contributed by atoms with Crippen LogP contribution in [0.5, 0.6) is 0 Å². The molecule has 1 aliphatic carbocycles. The van der Waals surface area contributed by atoms with Crippen molar-refractivity contribution in [2.24, 2.45) is 5.41 Å². The summed E-state index contributed by atoms with van der Waals surface area (Å²) in [7, 11) is 0. The van der Waals surface area contributed by atoms with Gasteiger partial charge in [0.25, 0.3) is 0 Å². The summed E-state index contributed by atoms with van der Waals surface area (Å²) >= 11 is 0. The van der Waals surface area contributed by atoms with Crippen molar-refractivity contribution in [3.8, 4) is 0 Å². The van der Waals surface area contributed by atoms with Gasteiger partial charge in [-0.2, -0.15) is 0 Å². The molecular weight excluding hydrogens is 231 g/mol. The molecule has 0 unspecified atom stereocenters. The Morgan fingerprint density at radius 1 is 1.00 bits per heavy atom. The second kappa shape index (κ2) is 5.51. The second-order valence-corrected chi connectivity index (χ2v) is 3.99. The standard InChI is InChI=1S/C11H18O.ClH.Ti/c1-7-8(2)10(4)11(5,6-12)9(7)3;;/h12H,6H2,1-5H3;1H;/p-1. The fourth-order valence-corrected chi connectivity index (χ4v) is 1.91. The Hall–Kier alpha value is 0.444. The molecule has 0 bridgehead atoms. The first-order chi connectivity index (χ1) is 5.45. The van der Waals surface area contributed by atoms with Crippen molar-refractivity contribution < 1.29 is 39.2 Å². The number of rotatable bonds is 1. The van der Waals surface area contributed by atoms with E-state index in [1.807, 2.05) is 0 Å². The smallest absolute Gasteiger partial charge is 0.0559 e. The Labute approximate surface area is 108 Å². The summed E-state index contributed by atoms with van der Waals surface area (Å²) < 4.78 is 0. The van der Waals surface area contributed by atoms with Crippen LogP contribution in [0.2, 0.25) is 0 Å². The van der Waals surface area contributed by atoms with Crippen LogP contribution in [0.1, 0.15) is 34.6 Å². The molecule has 0 fully saturated rings. The van der Waals surface area contributed by atoms with Crippen molar-refractivity contribution in [3.63, 3.8) is 0 Å². The fraction of sp³-hybridized carbons (Fsp3) is 0.636. The first kappa shape index (κ1) is 16.9. The summed E-state index contributed by atoms with van der Waals surface area (Å²) in [5.74, 6) is 0. The molecule has 0 saturated heterocycles. The van der Waals surface area contributed by atoms with Gasteiger partial charge in [-0.25, -0.2) is 0 Å². The maximum Gasteiger partial charge on any atom is 0.0559 e. The van der Waals surface area contributed by atoms with Gasteiger partial charge in [0.05, 0.1) is 6.61 Å². The van der Waals surface area contributed by atoms with Crippen molar-refractivity contribution in [1.29, 1.82) is 0 Å². The number of hydrogen-bond acceptors (Lipinski definition) is 1. The molecule has 0 aliphatic heterocycles. The van der Waals surface area contributed by atoms with Crippen LogP contribution in [0.15, 0.2) is 22.3 Å². The van der Waals surface area contributed by atoms with Gasteiger partial charge in [0.2, 0.25) is 0 Å². The molecule has 0 aromatic heterocycles. The Bertz CT molecular complexity index is 255. The molecule has 0 amide bonds. The van der Waals surface area contributed by atoms with Crippen LogP contribution in [0.3, 0.4) is 0 Å². The van der Waals surface area contributed by atoms with Crippen LogP contribution in [0, 0.1) is 5.41 Å². The molecule has 1 aliphatic rings. The molecule has 0 heterocycles. The van der Waals surface area contributed by atoms with Crippen LogP contribution in [0.25, 0.3) is 0 Å². The zero-order chi connectivity index (χ0) is 9.52. The summed E-state index contributed by atoms with van der Waals surface area (Å²) in [5, 5.41) is 9.33. The Balaban J connectivity index is 0. The van der Waals surface area contributed by atoms with Crippen LogP contribution >= 0.6 is 0 Å². The van der Waals surface area contributed by atoms with E-state index in [-0.39, 0.29) is 46.1 Å². The average molecular weight is 250 g/mol. The van der Waals surface area contributed by atoms with E-state index in [1.54, 1.807) is 0 Å². The average Bonchev–Trinajstić information content (AvgIpc) is 2.22. The van der Waals surface area contributed by atoms with Gasteiger partial charge in [-0.05, 0) is 45.8 Å². The van der Waals surface area contributed by atoms with Crippen LogP contribution in [0.4, 0.5) is 0 Å². The topological polar surface area (TPSA) is 20.2 Å². The molecule has 0 atom stereocenters. The SMILES string of the molecule is CC1=C(C)C(C)(CO)C(C)=C1C.[Cl-].[Ti]. The van der Waals surface area contributed by atoms with Crippen molar-refractivity contribution in [2.45, 2.75) is 34.6 Å². The molecule has 0 aromatic rings. The van der Waals surface area contributed by atoms with Crippen LogP contribution in [-0.4, -0.2) is 11.7 Å². The third-order valence-corrected chi connectivity index (χ3v) is 3.66. The van der Waals surface area contributed by atoms with E-state index in [0.29, 0.717) is 0 Å². The van der Waals surface area contributed by atoms with E-state index < -0.39 is 0 Å². The summed E-state index contributed by atoms with van der Waals surface area (Å²) in [6.45, 7) is 10.8. The van der Waals surface area contributed by atoms with Gasteiger partial charge in [-0.15, -0.1) is 0 Å². The minimum atomic E-state index is -0.0891. The molecule has 0 radical (unpaired) electrons. The quantitative estimate of drug-likeness (QED) is 0.631. The first-order valence-corrected chi connectivity index (χ1v) is 4.42. The molecule has 0 spiro atoms. The van der Waals surface area contributed by atoms with E-state index in [0.717, 1.165) is 0 Å². The van der Waals surface area contributed by atoms with Crippen molar-refractivity contribution in [1.82, 2.24) is 0 Å². The third-order valence-electron chi connectivity index (χ3n) is 3.66. The molecule has 1 N–H and O–H groups in total. The van der Waals surface area contributed by atoms with Crippen LogP contribution < -0.4 is 12.4 Å². The van der Waals surface area contributed by atoms with Gasteiger partial charge in [0.15, 0.2) is 0 Å². The van der Waals surface area contributed by atoms with Crippen molar-refractivity contribution in [3.05, 3.63) is 22.3 Å². The predicted octanol–water partition coefficient (Wildman–Crippen LogP) is -0.327. The second-order valence-electron chi connectivity index (χ2n) is 3.99. The molecular formula is C11H18ClOTi-. The number of halogens is 1. The number of aliphatic hydroxyl groups excluding tert-OH is 1. The summed E-state index contributed by atoms with van der Waals surface area (Å²) in [5.41, 5.74) is 5.25. The summed E-state index contributed by atoms with van der Waals surface area (Å²) in [6.07, 6.45) is 0. The van der Waals surface area contributed by atoms with E-state index >= 15 is 0 Å². The Morgan fingerprint density at radius 3 is 1.43 bits per heavy atom. The molecule has 1 nitrogen and oxygen atoms in total. The minimum absolute atomic E-state index is 0. The zero-order valence-corrected chi connectivity index (χ0v) is 11.8. The minimum Gasteiger partial charge on any atom is -1.00 e. The third kappa shape index (κ3) is 2.16. The van der Waals surface area contributed by atoms with Gasteiger partial charge in [-0.1, -0.05) is 11.1 Å². The first-order valence-electron chi connectivity index (χ1n) is 4.42. The van der Waals surface area contributed by atoms with E-state index in [2.05, 4.69) is 34.6 Å². The van der Waals surface area contributed by atoms with Gasteiger partial charge >= 0.3 is 0 Å². The van der Waals surface area contributed by atoms with Gasteiger partial charge in [0, 0.05) is 27.1 Å². The van der Waals surface area contributed by atoms with Crippen molar-refractivity contribution in [2.75, 3.05) is 6.61 Å². The number of aliphatic hydroxyl groups is 1.